The van der Waals surface area contributed by atoms with Crippen LogP contribution in [0.4, 0.5) is 0 Å². The maximum Gasteiger partial charge on any atom is 0.269 e. The molecule has 4 N–H and O–H groups in total. The summed E-state index contributed by atoms with van der Waals surface area (Å²) in [6.45, 7) is 0. The number of hydrogen-bond acceptors (Lipinski definition) is 6. The minimum absolute atomic E-state index is 0.168. The van der Waals surface area contributed by atoms with E-state index in [-0.39, 0.29) is 11.6 Å². The molecule has 3 aromatic rings. The van der Waals surface area contributed by atoms with Gasteiger partial charge in [-0.3, -0.25) is 30.0 Å². The van der Waals surface area contributed by atoms with Gasteiger partial charge in [0.05, 0.1) is 0 Å². The summed E-state index contributed by atoms with van der Waals surface area (Å²) in [5.41, 5.74) is 15.3. The van der Waals surface area contributed by atoms with Crippen molar-refractivity contribution in [2.75, 3.05) is 0 Å². The molecule has 0 bridgehead atoms. The monoisotopic (exact) mass is 502 g/mol. The Labute approximate surface area is 218 Å². The number of fused-ring (bicyclic) bond motifs is 2. The molecule has 8 heteroatoms. The normalized spacial score (nSPS) is 15.6. The largest absolute Gasteiger partial charge is 0.305 e. The number of rotatable bonds is 6. The van der Waals surface area contributed by atoms with Crippen LogP contribution in [0.3, 0.4) is 0 Å². The average molecular weight is 503 g/mol. The van der Waals surface area contributed by atoms with Crippen LogP contribution in [0.1, 0.15) is 43.0 Å². The molecule has 0 heterocycles. The summed E-state index contributed by atoms with van der Waals surface area (Å²) in [6.07, 6.45) is 9.38. The third-order valence-corrected chi connectivity index (χ3v) is 6.08. The molecule has 2 aliphatic carbocycles. The molecule has 0 atom stereocenters. The van der Waals surface area contributed by atoms with E-state index in [2.05, 4.69) is 21.7 Å². The Hall–Kier alpha value is -5.50. The molecule has 2 amide bonds. The van der Waals surface area contributed by atoms with Crippen molar-refractivity contribution in [2.24, 2.45) is 0 Å². The van der Waals surface area contributed by atoms with E-state index in [0.29, 0.717) is 22.3 Å². The number of hydrogen-bond donors (Lipinski definition) is 4. The summed E-state index contributed by atoms with van der Waals surface area (Å²) in [7, 11) is 0. The quantitative estimate of drug-likeness (QED) is 0.303. The van der Waals surface area contributed by atoms with Gasteiger partial charge in [-0.25, -0.2) is 0 Å². The molecule has 8 nitrogen and oxygen atoms in total. The predicted molar refractivity (Wildman–Crippen MR) is 145 cm³/mol. The van der Waals surface area contributed by atoms with Crippen LogP contribution >= 0.6 is 0 Å². The number of amides is 2. The first-order valence-electron chi connectivity index (χ1n) is 11.8. The zero-order valence-corrected chi connectivity index (χ0v) is 20.0. The Morgan fingerprint density at radius 3 is 1.34 bits per heavy atom. The van der Waals surface area contributed by atoms with Gasteiger partial charge in [0.2, 0.25) is 0 Å². The van der Waals surface area contributed by atoms with Gasteiger partial charge in [-0.05, 0) is 58.7 Å². The summed E-state index contributed by atoms with van der Waals surface area (Å²) in [4.78, 5) is 49.6. The zero-order chi connectivity index (χ0) is 26.5. The van der Waals surface area contributed by atoms with E-state index in [0.717, 1.165) is 22.3 Å². The van der Waals surface area contributed by atoms with Gasteiger partial charge in [-0.15, -0.1) is 0 Å². The molecule has 3 aromatic carbocycles. The van der Waals surface area contributed by atoms with Crippen LogP contribution in [0.15, 0.2) is 97.3 Å². The topological polar surface area (TPSA) is 116 Å². The highest BCUT2D eigenvalue weighted by molar-refractivity contribution is 6.30. The Morgan fingerprint density at radius 2 is 0.921 bits per heavy atom. The van der Waals surface area contributed by atoms with Crippen molar-refractivity contribution in [1.29, 1.82) is 0 Å². The SMILES string of the molecule is O=C1C=Cc2ccccc2/C1=C\NNC(=O)c1ccc(C(=O)NN/C=C2/C(=O)C=Cc3ccccc32)cc1. The van der Waals surface area contributed by atoms with Gasteiger partial charge >= 0.3 is 0 Å². The lowest BCUT2D eigenvalue weighted by atomic mass is 9.92. The maximum atomic E-state index is 12.5. The molecule has 0 fully saturated rings. The highest BCUT2D eigenvalue weighted by Gasteiger charge is 2.18. The lowest BCUT2D eigenvalue weighted by Crippen LogP contribution is -2.35. The third kappa shape index (κ3) is 5.05. The molecule has 0 saturated heterocycles. The standard InChI is InChI=1S/C30H22N4O4/c35-27-15-13-19-5-1-3-7-23(19)25(27)17-31-33-29(37)21-9-11-22(12-10-21)30(38)34-32-18-26-24-8-4-2-6-20(24)14-16-28(26)36/h1-18,31-32H,(H,33,37)(H,34,38)/b25-17+,26-18+. The highest BCUT2D eigenvalue weighted by Crippen LogP contribution is 2.26. The Morgan fingerprint density at radius 1 is 0.526 bits per heavy atom. The molecule has 38 heavy (non-hydrogen) atoms. The Kier molecular flexibility index (Phi) is 6.77. The van der Waals surface area contributed by atoms with Gasteiger partial charge in [-0.2, -0.15) is 0 Å². The maximum absolute atomic E-state index is 12.5. The van der Waals surface area contributed by atoms with Crippen LogP contribution in [0.25, 0.3) is 23.3 Å². The summed E-state index contributed by atoms with van der Waals surface area (Å²) in [5.74, 6) is -1.21. The Balaban J connectivity index is 1.17. The van der Waals surface area contributed by atoms with Crippen LogP contribution in [0, 0.1) is 0 Å². The van der Waals surface area contributed by atoms with Crippen LogP contribution in [0.2, 0.25) is 0 Å². The molecule has 2 aliphatic rings. The number of carbonyl (C=O) groups is 4. The van der Waals surface area contributed by atoms with Crippen molar-refractivity contribution in [2.45, 2.75) is 0 Å². The molecule has 5 rings (SSSR count). The molecule has 0 saturated carbocycles. The zero-order valence-electron chi connectivity index (χ0n) is 20.0. The molecule has 186 valence electrons. The summed E-state index contributed by atoms with van der Waals surface area (Å²) < 4.78 is 0. The Bertz CT molecular complexity index is 1460. The fourth-order valence-electron chi connectivity index (χ4n) is 4.11. The van der Waals surface area contributed by atoms with E-state index < -0.39 is 11.8 Å². The second-order valence-electron chi connectivity index (χ2n) is 8.46. The second-order valence-corrected chi connectivity index (χ2v) is 8.46. The highest BCUT2D eigenvalue weighted by atomic mass is 16.2. The van der Waals surface area contributed by atoms with Crippen LogP contribution in [-0.4, -0.2) is 23.4 Å². The van der Waals surface area contributed by atoms with Crippen molar-refractivity contribution in [1.82, 2.24) is 21.7 Å². The molecule has 0 radical (unpaired) electrons. The van der Waals surface area contributed by atoms with Gasteiger partial charge in [0.25, 0.3) is 11.8 Å². The fraction of sp³-hybridized carbons (Fsp3) is 0. The number of ketones is 2. The van der Waals surface area contributed by atoms with Crippen LogP contribution < -0.4 is 21.7 Å². The van der Waals surface area contributed by atoms with Crippen molar-refractivity contribution in [3.63, 3.8) is 0 Å². The van der Waals surface area contributed by atoms with E-state index in [1.165, 1.54) is 48.8 Å². The van der Waals surface area contributed by atoms with Crippen molar-refractivity contribution >= 4 is 46.7 Å². The first-order valence-corrected chi connectivity index (χ1v) is 11.8. The van der Waals surface area contributed by atoms with Gasteiger partial charge < -0.3 is 10.9 Å². The van der Waals surface area contributed by atoms with Crippen molar-refractivity contribution in [3.05, 3.63) is 131 Å². The predicted octanol–water partition coefficient (Wildman–Crippen LogP) is 3.43. The lowest BCUT2D eigenvalue weighted by Gasteiger charge is -2.14. The van der Waals surface area contributed by atoms with E-state index in [4.69, 9.17) is 0 Å². The summed E-state index contributed by atoms with van der Waals surface area (Å²) >= 11 is 0. The smallest absolute Gasteiger partial charge is 0.269 e. The molecule has 0 aromatic heterocycles. The van der Waals surface area contributed by atoms with Crippen LogP contribution in [0.5, 0.6) is 0 Å². The van der Waals surface area contributed by atoms with Crippen LogP contribution in [-0.2, 0) is 9.59 Å². The van der Waals surface area contributed by atoms with Gasteiger partial charge in [0.1, 0.15) is 0 Å². The molecule has 0 unspecified atom stereocenters. The summed E-state index contributed by atoms with van der Waals surface area (Å²) in [5, 5.41) is 0. The fourth-order valence-corrected chi connectivity index (χ4v) is 4.11. The third-order valence-electron chi connectivity index (χ3n) is 6.08. The molecule has 0 spiro atoms. The van der Waals surface area contributed by atoms with E-state index in [1.807, 2.05) is 48.5 Å². The van der Waals surface area contributed by atoms with Crippen molar-refractivity contribution in [3.8, 4) is 0 Å². The van der Waals surface area contributed by atoms with Gasteiger partial charge in [0.15, 0.2) is 11.6 Å². The van der Waals surface area contributed by atoms with Crippen molar-refractivity contribution < 1.29 is 19.2 Å². The van der Waals surface area contributed by atoms with Gasteiger partial charge in [-0.1, -0.05) is 60.7 Å². The van der Waals surface area contributed by atoms with E-state index in [1.54, 1.807) is 12.2 Å². The average Bonchev–Trinajstić information content (AvgIpc) is 2.95. The number of hydrazine groups is 2. The van der Waals surface area contributed by atoms with E-state index in [9.17, 15) is 19.2 Å². The first-order chi connectivity index (χ1) is 18.5. The molecule has 0 aliphatic heterocycles. The first kappa shape index (κ1) is 24.2. The molecular formula is C30H22N4O4. The number of nitrogens with one attached hydrogen (secondary N) is 4. The lowest BCUT2D eigenvalue weighted by molar-refractivity contribution is -0.110. The van der Waals surface area contributed by atoms with Gasteiger partial charge in [0, 0.05) is 34.7 Å². The number of benzene rings is 3. The summed E-state index contributed by atoms with van der Waals surface area (Å²) in [6, 6.07) is 21.0. The van der Waals surface area contributed by atoms with E-state index >= 15 is 0 Å². The molecular weight excluding hydrogens is 480 g/mol. The number of allylic oxidation sites excluding steroid dienone is 4. The minimum Gasteiger partial charge on any atom is -0.305 e. The minimum atomic E-state index is -0.439. The second kappa shape index (κ2) is 10.6. The number of carbonyl (C=O) groups excluding carboxylic acids is 4.